The number of carbonyl (C=O) groups excluding carboxylic acids is 1. The van der Waals surface area contributed by atoms with Crippen LogP contribution >= 0.6 is 11.3 Å². The summed E-state index contributed by atoms with van der Waals surface area (Å²) in [6, 6.07) is 3.62. The highest BCUT2D eigenvalue weighted by molar-refractivity contribution is 7.89. The van der Waals surface area contributed by atoms with Crippen LogP contribution < -0.4 is 4.72 Å². The lowest BCUT2D eigenvalue weighted by Crippen LogP contribution is -2.53. The Bertz CT molecular complexity index is 777. The number of sulfonamides is 1. The highest BCUT2D eigenvalue weighted by Crippen LogP contribution is 2.22. The highest BCUT2D eigenvalue weighted by atomic mass is 32.2. The lowest BCUT2D eigenvalue weighted by Gasteiger charge is -2.38. The van der Waals surface area contributed by atoms with Gasteiger partial charge in [-0.15, -0.1) is 11.3 Å². The van der Waals surface area contributed by atoms with Gasteiger partial charge in [0.05, 0.1) is 16.8 Å². The molecule has 2 aromatic rings. The van der Waals surface area contributed by atoms with Gasteiger partial charge in [0.15, 0.2) is 0 Å². The molecule has 2 aromatic heterocycles. The molecule has 1 N–H and O–H groups in total. The van der Waals surface area contributed by atoms with E-state index < -0.39 is 10.0 Å². The Hall–Kier alpha value is -1.71. The highest BCUT2D eigenvalue weighted by Gasteiger charge is 2.34. The summed E-state index contributed by atoms with van der Waals surface area (Å²) in [6.07, 6.45) is 3.40. The number of amides is 1. The van der Waals surface area contributed by atoms with Gasteiger partial charge in [-0.3, -0.25) is 9.48 Å². The van der Waals surface area contributed by atoms with Gasteiger partial charge in [0.25, 0.3) is 5.91 Å². The van der Waals surface area contributed by atoms with E-state index >= 15 is 0 Å². The smallest absolute Gasteiger partial charge is 0.263 e. The number of carbonyl (C=O) groups is 1. The van der Waals surface area contributed by atoms with Crippen LogP contribution in [0.15, 0.2) is 29.9 Å². The van der Waals surface area contributed by atoms with Crippen molar-refractivity contribution in [2.24, 2.45) is 13.0 Å². The fourth-order valence-corrected chi connectivity index (χ4v) is 4.55. The Morgan fingerprint density at radius 3 is 2.87 bits per heavy atom. The average Bonchev–Trinajstić information content (AvgIpc) is 3.11. The van der Waals surface area contributed by atoms with Crippen LogP contribution in [-0.2, 0) is 23.6 Å². The van der Waals surface area contributed by atoms with E-state index in [1.165, 1.54) is 11.3 Å². The SMILES string of the molecule is Cn1cc(CNS(=O)(=O)CC2CN(C(=O)c3cccs3)C2)cn1. The van der Waals surface area contributed by atoms with Gasteiger partial charge in [0, 0.05) is 44.4 Å². The van der Waals surface area contributed by atoms with Gasteiger partial charge in [0.2, 0.25) is 10.0 Å². The standard InChI is InChI=1S/C14H18N4O3S2/c1-17-7-11(5-15-17)6-16-23(20,21)10-12-8-18(9-12)14(19)13-3-2-4-22-13/h2-5,7,12,16H,6,8-10H2,1H3. The summed E-state index contributed by atoms with van der Waals surface area (Å²) >= 11 is 1.40. The predicted molar refractivity (Wildman–Crippen MR) is 87.5 cm³/mol. The summed E-state index contributed by atoms with van der Waals surface area (Å²) < 4.78 is 28.4. The van der Waals surface area contributed by atoms with Crippen molar-refractivity contribution >= 4 is 27.3 Å². The van der Waals surface area contributed by atoms with Crippen molar-refractivity contribution in [3.63, 3.8) is 0 Å². The maximum Gasteiger partial charge on any atom is 0.263 e. The van der Waals surface area contributed by atoms with Gasteiger partial charge < -0.3 is 4.90 Å². The van der Waals surface area contributed by atoms with E-state index in [2.05, 4.69) is 9.82 Å². The minimum Gasteiger partial charge on any atom is -0.337 e. The number of hydrogen-bond acceptors (Lipinski definition) is 5. The van der Waals surface area contributed by atoms with E-state index in [-0.39, 0.29) is 24.1 Å². The molecule has 0 radical (unpaired) electrons. The molecular formula is C14H18N4O3S2. The topological polar surface area (TPSA) is 84.3 Å². The molecule has 0 unspecified atom stereocenters. The number of aryl methyl sites for hydroxylation is 1. The first-order chi connectivity index (χ1) is 10.9. The molecule has 3 heterocycles. The second-order valence-corrected chi connectivity index (χ2v) is 8.48. The Kier molecular flexibility index (Phi) is 4.51. The fourth-order valence-electron chi connectivity index (χ4n) is 2.52. The Labute approximate surface area is 139 Å². The van der Waals surface area contributed by atoms with Crippen LogP contribution in [0.25, 0.3) is 0 Å². The molecule has 7 nitrogen and oxygen atoms in total. The second kappa shape index (κ2) is 6.42. The van der Waals surface area contributed by atoms with Gasteiger partial charge in [0.1, 0.15) is 0 Å². The molecule has 0 aromatic carbocycles. The number of likely N-dealkylation sites (tertiary alicyclic amines) is 1. The largest absolute Gasteiger partial charge is 0.337 e. The Morgan fingerprint density at radius 2 is 2.26 bits per heavy atom. The average molecular weight is 354 g/mol. The Balaban J connectivity index is 1.46. The zero-order chi connectivity index (χ0) is 16.4. The molecule has 1 aliphatic rings. The molecule has 0 saturated carbocycles. The van der Waals surface area contributed by atoms with Crippen molar-refractivity contribution in [2.45, 2.75) is 6.54 Å². The molecule has 0 aliphatic carbocycles. The number of nitrogens with one attached hydrogen (secondary N) is 1. The summed E-state index contributed by atoms with van der Waals surface area (Å²) in [4.78, 5) is 14.5. The van der Waals surface area contributed by atoms with Crippen molar-refractivity contribution in [3.05, 3.63) is 40.3 Å². The molecule has 3 rings (SSSR count). The maximum atomic E-state index is 12.1. The molecule has 0 spiro atoms. The number of nitrogens with zero attached hydrogens (tertiary/aromatic N) is 3. The first kappa shape index (κ1) is 16.2. The molecule has 1 aliphatic heterocycles. The van der Waals surface area contributed by atoms with Crippen molar-refractivity contribution in [2.75, 3.05) is 18.8 Å². The van der Waals surface area contributed by atoms with E-state index in [1.54, 1.807) is 35.1 Å². The van der Waals surface area contributed by atoms with E-state index in [0.717, 1.165) is 5.56 Å². The third-order valence-electron chi connectivity index (χ3n) is 3.69. The third kappa shape index (κ3) is 3.98. The number of thiophene rings is 1. The first-order valence-electron chi connectivity index (χ1n) is 7.20. The van der Waals surface area contributed by atoms with Crippen LogP contribution in [0.4, 0.5) is 0 Å². The van der Waals surface area contributed by atoms with Crippen LogP contribution in [0.3, 0.4) is 0 Å². The van der Waals surface area contributed by atoms with E-state index in [1.807, 2.05) is 11.4 Å². The van der Waals surface area contributed by atoms with Gasteiger partial charge >= 0.3 is 0 Å². The fraction of sp³-hybridized carbons (Fsp3) is 0.429. The number of rotatable bonds is 6. The first-order valence-corrected chi connectivity index (χ1v) is 9.74. The lowest BCUT2D eigenvalue weighted by atomic mass is 10.0. The van der Waals surface area contributed by atoms with E-state index in [9.17, 15) is 13.2 Å². The molecule has 1 saturated heterocycles. The molecule has 1 amide bonds. The summed E-state index contributed by atoms with van der Waals surface area (Å²) in [7, 11) is -1.57. The van der Waals surface area contributed by atoms with Crippen LogP contribution in [-0.4, -0.2) is 47.8 Å². The minimum atomic E-state index is -3.36. The van der Waals surface area contributed by atoms with Crippen molar-refractivity contribution in [1.82, 2.24) is 19.4 Å². The minimum absolute atomic E-state index is 0.00897. The zero-order valence-electron chi connectivity index (χ0n) is 12.7. The van der Waals surface area contributed by atoms with Gasteiger partial charge in [-0.25, -0.2) is 13.1 Å². The molecular weight excluding hydrogens is 336 g/mol. The number of hydrogen-bond donors (Lipinski definition) is 1. The van der Waals surface area contributed by atoms with Gasteiger partial charge in [-0.2, -0.15) is 5.10 Å². The number of aromatic nitrogens is 2. The Morgan fingerprint density at radius 1 is 1.48 bits per heavy atom. The normalized spacial score (nSPS) is 15.6. The summed E-state index contributed by atoms with van der Waals surface area (Å²) in [5, 5.41) is 5.86. The van der Waals surface area contributed by atoms with E-state index in [0.29, 0.717) is 18.0 Å². The monoisotopic (exact) mass is 354 g/mol. The van der Waals surface area contributed by atoms with Crippen LogP contribution in [0, 0.1) is 5.92 Å². The predicted octanol–water partition coefficient (Wildman–Crippen LogP) is 0.673. The molecule has 23 heavy (non-hydrogen) atoms. The molecule has 124 valence electrons. The lowest BCUT2D eigenvalue weighted by molar-refractivity contribution is 0.0539. The molecule has 1 fully saturated rings. The van der Waals surface area contributed by atoms with Crippen molar-refractivity contribution < 1.29 is 13.2 Å². The van der Waals surface area contributed by atoms with Crippen molar-refractivity contribution in [3.8, 4) is 0 Å². The molecule has 9 heteroatoms. The maximum absolute atomic E-state index is 12.1. The second-order valence-electron chi connectivity index (χ2n) is 5.68. The van der Waals surface area contributed by atoms with Gasteiger partial charge in [-0.1, -0.05) is 6.07 Å². The quantitative estimate of drug-likeness (QED) is 0.826. The van der Waals surface area contributed by atoms with Crippen LogP contribution in [0.2, 0.25) is 0 Å². The van der Waals surface area contributed by atoms with Crippen LogP contribution in [0.5, 0.6) is 0 Å². The zero-order valence-corrected chi connectivity index (χ0v) is 14.3. The van der Waals surface area contributed by atoms with Crippen LogP contribution in [0.1, 0.15) is 15.2 Å². The van der Waals surface area contributed by atoms with Gasteiger partial charge in [-0.05, 0) is 11.4 Å². The third-order valence-corrected chi connectivity index (χ3v) is 6.04. The summed E-state index contributed by atoms with van der Waals surface area (Å²) in [5.41, 5.74) is 0.819. The van der Waals surface area contributed by atoms with Crippen molar-refractivity contribution in [1.29, 1.82) is 0 Å². The van der Waals surface area contributed by atoms with E-state index in [4.69, 9.17) is 0 Å². The molecule has 0 atom stereocenters. The summed E-state index contributed by atoms with van der Waals surface area (Å²) in [6.45, 7) is 1.22. The molecule has 0 bridgehead atoms. The summed E-state index contributed by atoms with van der Waals surface area (Å²) in [5.74, 6) is 0.0175.